The quantitative estimate of drug-likeness (QED) is 0.631. The highest BCUT2D eigenvalue weighted by atomic mass is 16.2. The third-order valence-electron chi connectivity index (χ3n) is 5.83. The highest BCUT2D eigenvalue weighted by Gasteiger charge is 2.28. The van der Waals surface area contributed by atoms with Gasteiger partial charge in [0.1, 0.15) is 5.52 Å². The molecule has 1 saturated heterocycles. The van der Waals surface area contributed by atoms with Gasteiger partial charge in [-0.1, -0.05) is 0 Å². The third-order valence-corrected chi connectivity index (χ3v) is 5.83. The molecular weight excluding hydrogens is 382 g/mol. The first-order valence-electron chi connectivity index (χ1n) is 10.4. The maximum Gasteiger partial charge on any atom is 0.272 e. The minimum Gasteiger partial charge on any atom is -0.343 e. The smallest absolute Gasteiger partial charge is 0.272 e. The van der Waals surface area contributed by atoms with Crippen LogP contribution in [0.2, 0.25) is 0 Å². The molecule has 3 aromatic rings. The Labute approximate surface area is 174 Å². The van der Waals surface area contributed by atoms with E-state index in [2.05, 4.69) is 10.1 Å². The molecule has 4 rings (SSSR count). The van der Waals surface area contributed by atoms with E-state index in [0.29, 0.717) is 56.3 Å². The third kappa shape index (κ3) is 4.22. The molecule has 0 spiro atoms. The molecule has 0 saturated carbocycles. The zero-order valence-corrected chi connectivity index (χ0v) is 17.4. The highest BCUT2D eigenvalue weighted by Crippen LogP contribution is 2.22. The number of hydrogen-bond acceptors (Lipinski definition) is 4. The van der Waals surface area contributed by atoms with Gasteiger partial charge < -0.3 is 14.3 Å². The molecule has 1 N–H and O–H groups in total. The fourth-order valence-electron chi connectivity index (χ4n) is 4.21. The van der Waals surface area contributed by atoms with Crippen molar-refractivity contribution in [2.45, 2.75) is 39.0 Å². The fourth-order valence-corrected chi connectivity index (χ4v) is 4.21. The zero-order chi connectivity index (χ0) is 21.3. The molecule has 1 fully saturated rings. The van der Waals surface area contributed by atoms with Crippen molar-refractivity contribution < 1.29 is 9.59 Å². The number of nitrogens with zero attached hydrogens (tertiary/aromatic N) is 4. The lowest BCUT2D eigenvalue weighted by molar-refractivity contribution is -0.132. The van der Waals surface area contributed by atoms with Crippen molar-refractivity contribution in [1.29, 1.82) is 0 Å². The number of aryl methyl sites for hydroxylation is 3. The van der Waals surface area contributed by atoms with Gasteiger partial charge in [-0.05, 0) is 44.2 Å². The number of amides is 1. The van der Waals surface area contributed by atoms with Crippen molar-refractivity contribution in [1.82, 2.24) is 24.1 Å². The summed E-state index contributed by atoms with van der Waals surface area (Å²) >= 11 is 0. The first-order valence-corrected chi connectivity index (χ1v) is 10.4. The Morgan fingerprint density at radius 1 is 1.20 bits per heavy atom. The number of rotatable bonds is 6. The van der Waals surface area contributed by atoms with Crippen LogP contribution in [-0.4, -0.2) is 48.8 Å². The number of ketones is 1. The summed E-state index contributed by atoms with van der Waals surface area (Å²) in [5, 5.41) is 4.07. The standard InChI is InChI=1S/C22H27N5O3/c1-15-10-19-22(30)24-18(14-27(19)12-15)4-3-5-20(28)26-8-6-16(7-9-26)21(29)17-11-23-25(2)13-17/h10-14,16H,3-9H2,1-2H3,(H,24,30). The van der Waals surface area contributed by atoms with E-state index in [1.165, 1.54) is 0 Å². The summed E-state index contributed by atoms with van der Waals surface area (Å²) in [7, 11) is 1.80. The lowest BCUT2D eigenvalue weighted by Gasteiger charge is -2.31. The SMILES string of the molecule is Cc1cc2c(=O)[nH]c(CCCC(=O)N3CCC(C(=O)c4cnn(C)c4)CC3)cn2c1. The molecule has 30 heavy (non-hydrogen) atoms. The average molecular weight is 409 g/mol. The number of hydrogen-bond donors (Lipinski definition) is 1. The molecule has 1 aliphatic rings. The van der Waals surface area contributed by atoms with Crippen molar-refractivity contribution in [3.05, 3.63) is 58.0 Å². The predicted octanol–water partition coefficient (Wildman–Crippen LogP) is 2.11. The second kappa shape index (κ2) is 8.30. The van der Waals surface area contributed by atoms with Crippen LogP contribution < -0.4 is 5.56 Å². The van der Waals surface area contributed by atoms with E-state index in [-0.39, 0.29) is 23.2 Å². The van der Waals surface area contributed by atoms with Gasteiger partial charge in [-0.15, -0.1) is 0 Å². The highest BCUT2D eigenvalue weighted by molar-refractivity contribution is 5.97. The van der Waals surface area contributed by atoms with Gasteiger partial charge in [0.05, 0.1) is 11.8 Å². The van der Waals surface area contributed by atoms with Gasteiger partial charge in [-0.3, -0.25) is 19.1 Å². The van der Waals surface area contributed by atoms with Gasteiger partial charge in [-0.25, -0.2) is 0 Å². The first-order chi connectivity index (χ1) is 14.4. The summed E-state index contributed by atoms with van der Waals surface area (Å²) in [4.78, 5) is 42.0. The Bertz CT molecular complexity index is 1130. The molecule has 0 unspecified atom stereocenters. The van der Waals surface area contributed by atoms with Crippen LogP contribution in [0.4, 0.5) is 0 Å². The van der Waals surface area contributed by atoms with Gasteiger partial charge in [0, 0.05) is 56.8 Å². The number of nitrogens with one attached hydrogen (secondary N) is 1. The molecule has 3 aromatic heterocycles. The number of fused-ring (bicyclic) bond motifs is 1. The van der Waals surface area contributed by atoms with Crippen LogP contribution in [0, 0.1) is 12.8 Å². The van der Waals surface area contributed by atoms with E-state index in [4.69, 9.17) is 0 Å². The van der Waals surface area contributed by atoms with E-state index in [1.807, 2.05) is 34.7 Å². The summed E-state index contributed by atoms with van der Waals surface area (Å²) in [6, 6.07) is 1.86. The van der Waals surface area contributed by atoms with Gasteiger partial charge in [0.25, 0.3) is 5.56 Å². The van der Waals surface area contributed by atoms with Crippen molar-refractivity contribution in [3.8, 4) is 0 Å². The van der Waals surface area contributed by atoms with Gasteiger partial charge in [-0.2, -0.15) is 5.10 Å². The molecule has 0 atom stereocenters. The number of carbonyl (C=O) groups excluding carboxylic acids is 2. The van der Waals surface area contributed by atoms with Crippen LogP contribution in [0.25, 0.3) is 5.52 Å². The minimum atomic E-state index is -0.104. The number of H-pyrrole nitrogens is 1. The summed E-state index contributed by atoms with van der Waals surface area (Å²) in [5.74, 6) is 0.192. The summed E-state index contributed by atoms with van der Waals surface area (Å²) < 4.78 is 3.48. The molecule has 158 valence electrons. The van der Waals surface area contributed by atoms with Crippen molar-refractivity contribution in [2.75, 3.05) is 13.1 Å². The predicted molar refractivity (Wildman–Crippen MR) is 113 cm³/mol. The lowest BCUT2D eigenvalue weighted by Crippen LogP contribution is -2.40. The Kier molecular flexibility index (Phi) is 5.57. The molecule has 1 aliphatic heterocycles. The van der Waals surface area contributed by atoms with Gasteiger partial charge >= 0.3 is 0 Å². The Hall–Kier alpha value is -3.16. The van der Waals surface area contributed by atoms with Crippen LogP contribution in [0.3, 0.4) is 0 Å². The van der Waals surface area contributed by atoms with Crippen LogP contribution in [0.5, 0.6) is 0 Å². The molecule has 0 aromatic carbocycles. The van der Waals surface area contributed by atoms with Crippen LogP contribution in [-0.2, 0) is 18.3 Å². The van der Waals surface area contributed by atoms with Crippen LogP contribution in [0.15, 0.2) is 35.6 Å². The maximum absolute atomic E-state index is 12.6. The number of aromatic amines is 1. The number of carbonyl (C=O) groups is 2. The van der Waals surface area contributed by atoms with E-state index in [0.717, 1.165) is 11.3 Å². The largest absolute Gasteiger partial charge is 0.343 e. The molecule has 0 radical (unpaired) electrons. The van der Waals surface area contributed by atoms with E-state index in [9.17, 15) is 14.4 Å². The molecule has 8 nitrogen and oxygen atoms in total. The van der Waals surface area contributed by atoms with E-state index < -0.39 is 0 Å². The number of aromatic nitrogens is 4. The molecule has 8 heteroatoms. The second-order valence-corrected chi connectivity index (χ2v) is 8.19. The molecule has 1 amide bonds. The summed E-state index contributed by atoms with van der Waals surface area (Å²) in [6.07, 6.45) is 10.3. The van der Waals surface area contributed by atoms with E-state index >= 15 is 0 Å². The minimum absolute atomic E-state index is 0.0416. The van der Waals surface area contributed by atoms with Crippen molar-refractivity contribution in [2.24, 2.45) is 13.0 Å². The van der Waals surface area contributed by atoms with Crippen LogP contribution in [0.1, 0.15) is 47.3 Å². The summed E-state index contributed by atoms with van der Waals surface area (Å²) in [6.45, 7) is 3.18. The summed E-state index contributed by atoms with van der Waals surface area (Å²) in [5.41, 5.74) is 3.05. The number of Topliss-reactive ketones (excluding diaryl/α,β-unsaturated/α-hetero) is 1. The fraction of sp³-hybridized carbons (Fsp3) is 0.455. The van der Waals surface area contributed by atoms with Gasteiger partial charge in [0.2, 0.25) is 5.91 Å². The topological polar surface area (TPSA) is 92.5 Å². The van der Waals surface area contributed by atoms with Crippen molar-refractivity contribution >= 4 is 17.2 Å². The lowest BCUT2D eigenvalue weighted by atomic mass is 9.90. The van der Waals surface area contributed by atoms with Crippen LogP contribution >= 0.6 is 0 Å². The molecular formula is C22H27N5O3. The average Bonchev–Trinajstić information content (AvgIpc) is 3.33. The molecule has 0 bridgehead atoms. The zero-order valence-electron chi connectivity index (χ0n) is 17.4. The normalized spacial score (nSPS) is 15.1. The van der Waals surface area contributed by atoms with E-state index in [1.54, 1.807) is 24.1 Å². The Balaban J connectivity index is 1.26. The Morgan fingerprint density at radius 3 is 2.67 bits per heavy atom. The van der Waals surface area contributed by atoms with Crippen molar-refractivity contribution in [3.63, 3.8) is 0 Å². The number of likely N-dealkylation sites (tertiary alicyclic amines) is 1. The maximum atomic E-state index is 12.6. The number of piperidine rings is 1. The molecule has 0 aliphatic carbocycles. The second-order valence-electron chi connectivity index (χ2n) is 8.19. The molecule has 4 heterocycles. The monoisotopic (exact) mass is 409 g/mol. The Morgan fingerprint density at radius 2 is 1.97 bits per heavy atom. The van der Waals surface area contributed by atoms with Gasteiger partial charge in [0.15, 0.2) is 5.78 Å². The first kappa shape index (κ1) is 20.1.